The van der Waals surface area contributed by atoms with Crippen LogP contribution in [-0.4, -0.2) is 30.4 Å². The lowest BCUT2D eigenvalue weighted by atomic mass is 10.1. The minimum Gasteiger partial charge on any atom is -0.310 e. The number of aryl methyl sites for hydroxylation is 2. The number of hydrogen-bond donors (Lipinski definition) is 0. The van der Waals surface area contributed by atoms with Crippen molar-refractivity contribution in [3.05, 3.63) is 63.7 Å². The van der Waals surface area contributed by atoms with Crippen LogP contribution in [0.3, 0.4) is 0 Å². The third kappa shape index (κ3) is 2.70. The van der Waals surface area contributed by atoms with Gasteiger partial charge in [0.2, 0.25) is 5.16 Å². The minimum atomic E-state index is -0.0637. The summed E-state index contributed by atoms with van der Waals surface area (Å²) in [4.78, 5) is 21.8. The van der Waals surface area contributed by atoms with Crippen LogP contribution in [0.2, 0.25) is 0 Å². The Bertz CT molecular complexity index is 1140. The summed E-state index contributed by atoms with van der Waals surface area (Å²) in [6.45, 7) is 4.42. The molecular weight excluding hydrogens is 334 g/mol. The van der Waals surface area contributed by atoms with Gasteiger partial charge in [-0.25, -0.2) is 4.98 Å². The van der Waals surface area contributed by atoms with Crippen LogP contribution in [0, 0.1) is 13.8 Å². The van der Waals surface area contributed by atoms with Crippen molar-refractivity contribution >= 4 is 28.4 Å². The summed E-state index contributed by atoms with van der Waals surface area (Å²) < 4.78 is 3.35. The Hall–Kier alpha value is -2.67. The molecule has 4 rings (SSSR count). The third-order valence-corrected chi connectivity index (χ3v) is 4.77. The van der Waals surface area contributed by atoms with Crippen LogP contribution in [0.25, 0.3) is 16.7 Å². The van der Waals surface area contributed by atoms with Crippen molar-refractivity contribution in [1.29, 1.82) is 0 Å². The van der Waals surface area contributed by atoms with Crippen molar-refractivity contribution in [2.75, 3.05) is 6.26 Å². The molecule has 0 saturated carbocycles. The molecule has 3 aromatic heterocycles. The second-order valence-electron chi connectivity index (χ2n) is 6.00. The Morgan fingerprint density at radius 3 is 2.56 bits per heavy atom. The third-order valence-electron chi connectivity index (χ3n) is 4.23. The van der Waals surface area contributed by atoms with Gasteiger partial charge in [-0.1, -0.05) is 41.6 Å². The number of fused-ring (bicyclic) bond motifs is 3. The van der Waals surface area contributed by atoms with Crippen molar-refractivity contribution in [2.24, 2.45) is 0 Å². The van der Waals surface area contributed by atoms with Crippen LogP contribution in [0.1, 0.15) is 16.8 Å². The van der Waals surface area contributed by atoms with Gasteiger partial charge in [0, 0.05) is 6.20 Å². The van der Waals surface area contributed by atoms with Crippen LogP contribution in [0.15, 0.2) is 46.5 Å². The Morgan fingerprint density at radius 2 is 1.84 bits per heavy atom. The summed E-state index contributed by atoms with van der Waals surface area (Å²) in [7, 11) is 0. The zero-order valence-electron chi connectivity index (χ0n) is 14.2. The zero-order valence-corrected chi connectivity index (χ0v) is 15.0. The average Bonchev–Trinajstić information content (AvgIpc) is 3.02. The lowest BCUT2D eigenvalue weighted by Gasteiger charge is -2.09. The van der Waals surface area contributed by atoms with E-state index in [0.717, 1.165) is 11.1 Å². The maximum Gasteiger partial charge on any atom is 0.262 e. The standard InChI is InChI=1S/C18H17N5OS/c1-11-4-6-13(7-5-11)10-22-9-8-14-15(16(22)24)12(2)19-17-20-18(25-3)21-23(14)17/h4-9H,10H2,1-3H3. The van der Waals surface area contributed by atoms with Gasteiger partial charge in [0.25, 0.3) is 11.3 Å². The van der Waals surface area contributed by atoms with Crippen LogP contribution in [0.4, 0.5) is 0 Å². The van der Waals surface area contributed by atoms with Crippen molar-refractivity contribution in [3.8, 4) is 0 Å². The predicted octanol–water partition coefficient (Wildman–Crippen LogP) is 2.83. The Labute approximate surface area is 148 Å². The second-order valence-corrected chi connectivity index (χ2v) is 6.78. The van der Waals surface area contributed by atoms with Gasteiger partial charge in [-0.15, -0.1) is 5.10 Å². The summed E-state index contributed by atoms with van der Waals surface area (Å²) >= 11 is 1.45. The van der Waals surface area contributed by atoms with E-state index in [2.05, 4.69) is 27.2 Å². The number of benzene rings is 1. The molecule has 0 aliphatic rings. The maximum atomic E-state index is 13.0. The molecule has 0 saturated heterocycles. The van der Waals surface area contributed by atoms with Gasteiger partial charge in [0.05, 0.1) is 23.1 Å². The highest BCUT2D eigenvalue weighted by Gasteiger charge is 2.14. The SMILES string of the molecule is CSc1nc2nc(C)c3c(=O)n(Cc4ccc(C)cc4)ccc3n2n1. The molecule has 1 aromatic carbocycles. The fourth-order valence-electron chi connectivity index (χ4n) is 2.91. The van der Waals surface area contributed by atoms with E-state index in [9.17, 15) is 4.79 Å². The van der Waals surface area contributed by atoms with Crippen LogP contribution in [0.5, 0.6) is 0 Å². The van der Waals surface area contributed by atoms with Crippen LogP contribution < -0.4 is 5.56 Å². The largest absolute Gasteiger partial charge is 0.310 e. The van der Waals surface area contributed by atoms with Crippen molar-refractivity contribution in [1.82, 2.24) is 24.1 Å². The normalized spacial score (nSPS) is 11.5. The molecule has 25 heavy (non-hydrogen) atoms. The molecule has 0 spiro atoms. The highest BCUT2D eigenvalue weighted by Crippen LogP contribution is 2.17. The van der Waals surface area contributed by atoms with Crippen molar-refractivity contribution in [2.45, 2.75) is 25.5 Å². The fraction of sp³-hybridized carbons (Fsp3) is 0.222. The summed E-state index contributed by atoms with van der Waals surface area (Å²) in [5.41, 5.74) is 3.63. The number of aromatic nitrogens is 5. The first-order valence-electron chi connectivity index (χ1n) is 7.93. The molecular formula is C18H17N5OS. The highest BCUT2D eigenvalue weighted by atomic mass is 32.2. The molecule has 0 bridgehead atoms. The molecule has 0 radical (unpaired) electrons. The van der Waals surface area contributed by atoms with Crippen LogP contribution >= 0.6 is 11.8 Å². The van der Waals surface area contributed by atoms with Gasteiger partial charge in [-0.2, -0.15) is 9.50 Å². The topological polar surface area (TPSA) is 65.1 Å². The van der Waals surface area contributed by atoms with E-state index < -0.39 is 0 Å². The van der Waals surface area contributed by atoms with E-state index in [1.54, 1.807) is 9.08 Å². The molecule has 0 atom stereocenters. The molecule has 0 aliphatic heterocycles. The number of nitrogens with zero attached hydrogens (tertiary/aromatic N) is 5. The van der Waals surface area contributed by atoms with Crippen LogP contribution in [-0.2, 0) is 6.54 Å². The monoisotopic (exact) mass is 351 g/mol. The Kier molecular flexibility index (Phi) is 3.80. The van der Waals surface area contributed by atoms with E-state index in [0.29, 0.717) is 28.6 Å². The number of pyridine rings is 1. The fourth-order valence-corrected chi connectivity index (χ4v) is 3.24. The van der Waals surface area contributed by atoms with Gasteiger partial charge in [0.15, 0.2) is 0 Å². The second kappa shape index (κ2) is 6.00. The molecule has 0 aliphatic carbocycles. The average molecular weight is 351 g/mol. The van der Waals surface area contributed by atoms with E-state index in [1.807, 2.05) is 44.5 Å². The first-order chi connectivity index (χ1) is 12.1. The lowest BCUT2D eigenvalue weighted by Crippen LogP contribution is -2.22. The molecule has 0 amide bonds. The van der Waals surface area contributed by atoms with Gasteiger partial charge in [-0.05, 0) is 31.7 Å². The van der Waals surface area contributed by atoms with Crippen molar-refractivity contribution in [3.63, 3.8) is 0 Å². The molecule has 0 N–H and O–H groups in total. The summed E-state index contributed by atoms with van der Waals surface area (Å²) in [5, 5.41) is 5.65. The molecule has 3 heterocycles. The van der Waals surface area contributed by atoms with Gasteiger partial charge in [0.1, 0.15) is 0 Å². The summed E-state index contributed by atoms with van der Waals surface area (Å²) in [6, 6.07) is 10.1. The quantitative estimate of drug-likeness (QED) is 0.531. The van der Waals surface area contributed by atoms with Crippen molar-refractivity contribution < 1.29 is 0 Å². The van der Waals surface area contributed by atoms with E-state index in [4.69, 9.17) is 0 Å². The minimum absolute atomic E-state index is 0.0637. The number of hydrogen-bond acceptors (Lipinski definition) is 5. The van der Waals surface area contributed by atoms with Gasteiger partial charge in [-0.3, -0.25) is 4.79 Å². The molecule has 0 fully saturated rings. The smallest absolute Gasteiger partial charge is 0.262 e. The first-order valence-corrected chi connectivity index (χ1v) is 9.15. The number of rotatable bonds is 3. The molecule has 4 aromatic rings. The summed E-state index contributed by atoms with van der Waals surface area (Å²) in [5.74, 6) is 0.519. The first kappa shape index (κ1) is 15.8. The Balaban J connectivity index is 1.89. The predicted molar refractivity (Wildman–Crippen MR) is 99.3 cm³/mol. The zero-order chi connectivity index (χ0) is 17.6. The summed E-state index contributed by atoms with van der Waals surface area (Å²) in [6.07, 6.45) is 3.72. The molecule has 6 nitrogen and oxygen atoms in total. The van der Waals surface area contributed by atoms with E-state index >= 15 is 0 Å². The van der Waals surface area contributed by atoms with E-state index in [-0.39, 0.29) is 5.56 Å². The molecule has 7 heteroatoms. The number of thioether (sulfide) groups is 1. The van der Waals surface area contributed by atoms with Gasteiger partial charge < -0.3 is 4.57 Å². The Morgan fingerprint density at radius 1 is 1.08 bits per heavy atom. The van der Waals surface area contributed by atoms with Gasteiger partial charge >= 0.3 is 0 Å². The highest BCUT2D eigenvalue weighted by molar-refractivity contribution is 7.98. The van der Waals surface area contributed by atoms with E-state index in [1.165, 1.54) is 17.3 Å². The molecule has 0 unspecified atom stereocenters. The lowest BCUT2D eigenvalue weighted by molar-refractivity contribution is 0.764. The molecule has 126 valence electrons. The maximum absolute atomic E-state index is 13.0.